The molecule has 0 atom stereocenters. The molecule has 1 amide bonds. The van der Waals surface area contributed by atoms with Gasteiger partial charge in [-0.25, -0.2) is 8.42 Å². The van der Waals surface area contributed by atoms with Crippen molar-refractivity contribution in [2.24, 2.45) is 0 Å². The molecule has 1 fully saturated rings. The number of likely N-dealkylation sites (N-methyl/N-ethyl adjacent to an activating group) is 1. The van der Waals surface area contributed by atoms with Gasteiger partial charge < -0.3 is 9.80 Å². The maximum absolute atomic E-state index is 13.0. The molecular weight excluding hydrogens is 362 g/mol. The number of anilines is 1. The summed E-state index contributed by atoms with van der Waals surface area (Å²) in [6.45, 7) is 6.45. The Morgan fingerprint density at radius 1 is 1.07 bits per heavy atom. The van der Waals surface area contributed by atoms with E-state index in [1.807, 2.05) is 11.0 Å². The summed E-state index contributed by atoms with van der Waals surface area (Å²) in [6, 6.07) is 15.2. The lowest BCUT2D eigenvalue weighted by molar-refractivity contribution is -0.902. The first-order valence-corrected chi connectivity index (χ1v) is 10.6. The first-order chi connectivity index (χ1) is 12.9. The molecule has 0 aliphatic carbocycles. The van der Waals surface area contributed by atoms with Gasteiger partial charge >= 0.3 is 0 Å². The zero-order chi connectivity index (χ0) is 19.4. The van der Waals surface area contributed by atoms with E-state index in [1.54, 1.807) is 36.4 Å². The smallest absolute Gasteiger partial charge is 0.264 e. The number of carbonyl (C=O) groups is 1. The van der Waals surface area contributed by atoms with E-state index in [2.05, 4.69) is 6.92 Å². The summed E-state index contributed by atoms with van der Waals surface area (Å²) in [5.41, 5.74) is 0.991. The second kappa shape index (κ2) is 8.10. The van der Waals surface area contributed by atoms with Crippen LogP contribution >= 0.6 is 0 Å². The Kier molecular flexibility index (Phi) is 5.82. The van der Waals surface area contributed by atoms with Gasteiger partial charge in [0.1, 0.15) is 0 Å². The SMILES string of the molecule is CC[NH+]1CCN(C(=O)c2cccc(S(=O)(=O)N(C)c3ccccc3)c2)CC1. The van der Waals surface area contributed by atoms with Crippen LogP contribution in [0.5, 0.6) is 0 Å². The van der Waals surface area contributed by atoms with Crippen molar-refractivity contribution in [3.63, 3.8) is 0 Å². The number of hydrogen-bond donors (Lipinski definition) is 1. The van der Waals surface area contributed by atoms with Crippen LogP contribution in [0.25, 0.3) is 0 Å². The number of rotatable bonds is 5. The van der Waals surface area contributed by atoms with Crippen molar-refractivity contribution in [1.82, 2.24) is 4.90 Å². The lowest BCUT2D eigenvalue weighted by Gasteiger charge is -2.31. The third kappa shape index (κ3) is 4.14. The van der Waals surface area contributed by atoms with Crippen LogP contribution in [0.4, 0.5) is 5.69 Å². The van der Waals surface area contributed by atoms with Gasteiger partial charge in [0.25, 0.3) is 15.9 Å². The molecule has 1 aliphatic heterocycles. The summed E-state index contributed by atoms with van der Waals surface area (Å²) in [5.74, 6) is -0.107. The van der Waals surface area contributed by atoms with Gasteiger partial charge in [0.15, 0.2) is 0 Å². The second-order valence-corrected chi connectivity index (χ2v) is 8.70. The van der Waals surface area contributed by atoms with Gasteiger partial charge in [-0.05, 0) is 37.3 Å². The molecule has 1 N–H and O–H groups in total. The molecule has 0 saturated carbocycles. The summed E-state index contributed by atoms with van der Waals surface area (Å²) < 4.78 is 27.2. The van der Waals surface area contributed by atoms with E-state index in [-0.39, 0.29) is 10.8 Å². The number of carbonyl (C=O) groups excluding carboxylic acids is 1. The van der Waals surface area contributed by atoms with Crippen LogP contribution in [0.2, 0.25) is 0 Å². The summed E-state index contributed by atoms with van der Waals surface area (Å²) >= 11 is 0. The Morgan fingerprint density at radius 2 is 1.74 bits per heavy atom. The van der Waals surface area contributed by atoms with E-state index >= 15 is 0 Å². The minimum Gasteiger partial charge on any atom is -0.332 e. The molecular formula is C20H26N3O3S+. The first kappa shape index (κ1) is 19.4. The predicted molar refractivity (Wildman–Crippen MR) is 106 cm³/mol. The zero-order valence-electron chi connectivity index (χ0n) is 15.8. The van der Waals surface area contributed by atoms with E-state index in [9.17, 15) is 13.2 Å². The highest BCUT2D eigenvalue weighted by Crippen LogP contribution is 2.22. The number of piperazine rings is 1. The standard InChI is InChI=1S/C20H25N3O3S/c1-3-22-12-14-23(15-13-22)20(24)17-8-7-11-19(16-17)27(25,26)21(2)18-9-5-4-6-10-18/h4-11,16H,3,12-15H2,1-2H3/p+1. The Labute approximate surface area is 161 Å². The van der Waals surface area contributed by atoms with Crippen LogP contribution in [0.3, 0.4) is 0 Å². The highest BCUT2D eigenvalue weighted by molar-refractivity contribution is 7.92. The molecule has 2 aromatic rings. The maximum atomic E-state index is 13.0. The number of nitrogens with one attached hydrogen (secondary N) is 1. The number of amides is 1. The highest BCUT2D eigenvalue weighted by Gasteiger charge is 2.26. The average Bonchev–Trinajstić information content (AvgIpc) is 2.73. The van der Waals surface area contributed by atoms with Crippen molar-refractivity contribution < 1.29 is 18.1 Å². The normalized spacial score (nSPS) is 15.6. The number of hydrogen-bond acceptors (Lipinski definition) is 3. The van der Waals surface area contributed by atoms with Crippen molar-refractivity contribution in [3.8, 4) is 0 Å². The minimum absolute atomic E-state index is 0.107. The van der Waals surface area contributed by atoms with Crippen molar-refractivity contribution >= 4 is 21.6 Å². The summed E-state index contributed by atoms with van der Waals surface area (Å²) in [6.07, 6.45) is 0. The Bertz CT molecular complexity index is 892. The van der Waals surface area contributed by atoms with E-state index in [4.69, 9.17) is 0 Å². The Balaban J connectivity index is 1.82. The van der Waals surface area contributed by atoms with E-state index < -0.39 is 10.0 Å². The molecule has 144 valence electrons. The molecule has 0 spiro atoms. The quantitative estimate of drug-likeness (QED) is 0.827. The fraction of sp³-hybridized carbons (Fsp3) is 0.350. The minimum atomic E-state index is -3.73. The first-order valence-electron chi connectivity index (χ1n) is 9.20. The molecule has 3 rings (SSSR count). The molecule has 7 heteroatoms. The molecule has 1 saturated heterocycles. The van der Waals surface area contributed by atoms with E-state index in [0.29, 0.717) is 24.3 Å². The topological polar surface area (TPSA) is 62.1 Å². The third-order valence-corrected chi connectivity index (χ3v) is 6.90. The maximum Gasteiger partial charge on any atom is 0.264 e. The summed E-state index contributed by atoms with van der Waals surface area (Å²) in [4.78, 5) is 16.2. The van der Waals surface area contributed by atoms with Gasteiger partial charge in [-0.1, -0.05) is 24.3 Å². The monoisotopic (exact) mass is 388 g/mol. The number of sulfonamides is 1. The van der Waals surface area contributed by atoms with Crippen LogP contribution in [-0.4, -0.2) is 59.0 Å². The van der Waals surface area contributed by atoms with Crippen LogP contribution in [0.15, 0.2) is 59.5 Å². The zero-order valence-corrected chi connectivity index (χ0v) is 16.6. The van der Waals surface area contributed by atoms with Crippen molar-refractivity contribution in [1.29, 1.82) is 0 Å². The van der Waals surface area contributed by atoms with Crippen LogP contribution < -0.4 is 9.21 Å². The van der Waals surface area contributed by atoms with E-state index in [1.165, 1.54) is 28.4 Å². The molecule has 0 aromatic heterocycles. The van der Waals surface area contributed by atoms with Gasteiger partial charge in [0.2, 0.25) is 0 Å². The van der Waals surface area contributed by atoms with Crippen LogP contribution in [0, 0.1) is 0 Å². The van der Waals surface area contributed by atoms with Crippen LogP contribution in [-0.2, 0) is 10.0 Å². The second-order valence-electron chi connectivity index (χ2n) is 6.73. The molecule has 27 heavy (non-hydrogen) atoms. The number of nitrogens with zero attached hydrogens (tertiary/aromatic N) is 2. The number of quaternary nitrogens is 1. The van der Waals surface area contributed by atoms with Gasteiger partial charge in [0, 0.05) is 12.6 Å². The van der Waals surface area contributed by atoms with Gasteiger partial charge in [-0.2, -0.15) is 0 Å². The summed E-state index contributed by atoms with van der Waals surface area (Å²) in [5, 5.41) is 0. The average molecular weight is 389 g/mol. The predicted octanol–water partition coefficient (Wildman–Crippen LogP) is 0.872. The molecule has 1 heterocycles. The molecule has 0 bridgehead atoms. The number of para-hydroxylation sites is 1. The van der Waals surface area contributed by atoms with Gasteiger partial charge in [-0.15, -0.1) is 0 Å². The Morgan fingerprint density at radius 3 is 2.37 bits per heavy atom. The largest absolute Gasteiger partial charge is 0.332 e. The number of benzene rings is 2. The third-order valence-electron chi connectivity index (χ3n) is 5.12. The molecule has 0 unspecified atom stereocenters. The molecule has 2 aromatic carbocycles. The van der Waals surface area contributed by atoms with Gasteiger partial charge in [-0.3, -0.25) is 9.10 Å². The van der Waals surface area contributed by atoms with Crippen molar-refractivity contribution in [2.75, 3.05) is 44.1 Å². The molecule has 1 aliphatic rings. The fourth-order valence-corrected chi connectivity index (χ4v) is 4.53. The summed E-state index contributed by atoms with van der Waals surface area (Å²) in [7, 11) is -2.21. The Hall–Kier alpha value is -2.38. The highest BCUT2D eigenvalue weighted by atomic mass is 32.2. The molecule has 6 nitrogen and oxygen atoms in total. The van der Waals surface area contributed by atoms with Gasteiger partial charge in [0.05, 0.1) is 43.3 Å². The lowest BCUT2D eigenvalue weighted by Crippen LogP contribution is -3.14. The van der Waals surface area contributed by atoms with Crippen molar-refractivity contribution in [3.05, 3.63) is 60.2 Å². The van der Waals surface area contributed by atoms with E-state index in [0.717, 1.165) is 19.6 Å². The van der Waals surface area contributed by atoms with Crippen molar-refractivity contribution in [2.45, 2.75) is 11.8 Å². The fourth-order valence-electron chi connectivity index (χ4n) is 3.29. The van der Waals surface area contributed by atoms with Crippen LogP contribution in [0.1, 0.15) is 17.3 Å². The lowest BCUT2D eigenvalue weighted by atomic mass is 10.2. The molecule has 0 radical (unpaired) electrons.